The highest BCUT2D eigenvalue weighted by atomic mass is 35.5. The zero-order valence-electron chi connectivity index (χ0n) is 10.8. The summed E-state index contributed by atoms with van der Waals surface area (Å²) in [6, 6.07) is 11.7. The van der Waals surface area contributed by atoms with Crippen LogP contribution in [0.15, 0.2) is 48.5 Å². The standard InChI is InChI=1S/C16H13ClO3/c1-20-13-4-2-3-12(10-13)15(18)7-5-11-6-8-16(19)14(17)9-11/h2-10,19H,1H3/b7-5+. The van der Waals surface area contributed by atoms with Crippen LogP contribution in [0.4, 0.5) is 0 Å². The van der Waals surface area contributed by atoms with Gasteiger partial charge in [0.1, 0.15) is 11.5 Å². The lowest BCUT2D eigenvalue weighted by Gasteiger charge is -2.01. The SMILES string of the molecule is COc1cccc(C(=O)/C=C/c2ccc(O)c(Cl)c2)c1. The number of phenols is 1. The lowest BCUT2D eigenvalue weighted by atomic mass is 10.1. The first-order chi connectivity index (χ1) is 9.60. The third kappa shape index (κ3) is 3.39. The predicted octanol–water partition coefficient (Wildman–Crippen LogP) is 3.95. The van der Waals surface area contributed by atoms with E-state index in [2.05, 4.69) is 0 Å². The molecule has 0 aliphatic heterocycles. The van der Waals surface area contributed by atoms with Gasteiger partial charge in [-0.1, -0.05) is 35.9 Å². The number of carbonyl (C=O) groups is 1. The molecular weight excluding hydrogens is 276 g/mol. The number of ketones is 1. The van der Waals surface area contributed by atoms with Gasteiger partial charge in [0, 0.05) is 5.56 Å². The molecule has 0 atom stereocenters. The normalized spacial score (nSPS) is 10.7. The van der Waals surface area contributed by atoms with E-state index in [0.29, 0.717) is 11.3 Å². The van der Waals surface area contributed by atoms with Crippen molar-refractivity contribution in [1.82, 2.24) is 0 Å². The quantitative estimate of drug-likeness (QED) is 0.684. The Morgan fingerprint density at radius 1 is 1.25 bits per heavy atom. The molecule has 0 aliphatic carbocycles. The van der Waals surface area contributed by atoms with Gasteiger partial charge in [-0.3, -0.25) is 4.79 Å². The number of carbonyl (C=O) groups excluding carboxylic acids is 1. The van der Waals surface area contributed by atoms with Crippen LogP contribution in [-0.4, -0.2) is 18.0 Å². The van der Waals surface area contributed by atoms with E-state index in [9.17, 15) is 9.90 Å². The Labute approximate surface area is 122 Å². The molecule has 3 nitrogen and oxygen atoms in total. The summed E-state index contributed by atoms with van der Waals surface area (Å²) >= 11 is 5.80. The van der Waals surface area contributed by atoms with E-state index in [1.807, 2.05) is 0 Å². The maximum Gasteiger partial charge on any atom is 0.185 e. The van der Waals surface area contributed by atoms with E-state index in [-0.39, 0.29) is 16.6 Å². The van der Waals surface area contributed by atoms with Crippen molar-refractivity contribution >= 4 is 23.5 Å². The minimum absolute atomic E-state index is 0.0166. The number of halogens is 1. The lowest BCUT2D eigenvalue weighted by molar-refractivity contribution is 0.104. The van der Waals surface area contributed by atoms with Gasteiger partial charge in [-0.05, 0) is 35.9 Å². The van der Waals surface area contributed by atoms with Gasteiger partial charge in [0.05, 0.1) is 12.1 Å². The number of aromatic hydroxyl groups is 1. The van der Waals surface area contributed by atoms with Crippen LogP contribution in [0.2, 0.25) is 5.02 Å². The monoisotopic (exact) mass is 288 g/mol. The number of phenolic OH excluding ortho intramolecular Hbond substituents is 1. The Kier molecular flexibility index (Phi) is 4.43. The third-order valence-electron chi connectivity index (χ3n) is 2.75. The van der Waals surface area contributed by atoms with E-state index in [1.165, 1.54) is 12.1 Å². The smallest absolute Gasteiger partial charge is 0.185 e. The van der Waals surface area contributed by atoms with E-state index < -0.39 is 0 Å². The van der Waals surface area contributed by atoms with Crippen LogP contribution in [-0.2, 0) is 0 Å². The maximum absolute atomic E-state index is 12.0. The van der Waals surface area contributed by atoms with Crippen LogP contribution in [0.3, 0.4) is 0 Å². The number of methoxy groups -OCH3 is 1. The van der Waals surface area contributed by atoms with Crippen molar-refractivity contribution in [2.24, 2.45) is 0 Å². The summed E-state index contributed by atoms with van der Waals surface area (Å²) in [7, 11) is 1.55. The summed E-state index contributed by atoms with van der Waals surface area (Å²) in [6.45, 7) is 0. The second-order valence-corrected chi connectivity index (χ2v) is 4.55. The Morgan fingerprint density at radius 3 is 2.75 bits per heavy atom. The first-order valence-electron chi connectivity index (χ1n) is 5.95. The summed E-state index contributed by atoms with van der Waals surface area (Å²) in [5, 5.41) is 9.57. The molecule has 0 radical (unpaired) electrons. The number of ether oxygens (including phenoxy) is 1. The van der Waals surface area contributed by atoms with Gasteiger partial charge in [0.2, 0.25) is 0 Å². The van der Waals surface area contributed by atoms with Crippen LogP contribution in [0, 0.1) is 0 Å². The van der Waals surface area contributed by atoms with Crippen molar-refractivity contribution in [2.45, 2.75) is 0 Å². The van der Waals surface area contributed by atoms with Crippen molar-refractivity contribution in [3.8, 4) is 11.5 Å². The van der Waals surface area contributed by atoms with Crippen molar-refractivity contribution in [2.75, 3.05) is 7.11 Å². The van der Waals surface area contributed by atoms with Crippen molar-refractivity contribution in [1.29, 1.82) is 0 Å². The fraction of sp³-hybridized carbons (Fsp3) is 0.0625. The molecule has 0 bridgehead atoms. The molecule has 0 aromatic heterocycles. The first kappa shape index (κ1) is 14.2. The van der Waals surface area contributed by atoms with Gasteiger partial charge >= 0.3 is 0 Å². The summed E-state index contributed by atoms with van der Waals surface area (Å²) in [6.07, 6.45) is 3.10. The molecule has 2 aromatic rings. The van der Waals surface area contributed by atoms with Gasteiger partial charge in [0.25, 0.3) is 0 Å². The molecule has 0 fully saturated rings. The molecule has 1 N–H and O–H groups in total. The van der Waals surface area contributed by atoms with Crippen molar-refractivity contribution < 1.29 is 14.6 Å². The molecular formula is C16H13ClO3. The molecule has 0 saturated heterocycles. The van der Waals surface area contributed by atoms with Crippen LogP contribution >= 0.6 is 11.6 Å². The maximum atomic E-state index is 12.0. The van der Waals surface area contributed by atoms with E-state index in [1.54, 1.807) is 49.6 Å². The molecule has 102 valence electrons. The van der Waals surface area contributed by atoms with Crippen LogP contribution < -0.4 is 4.74 Å². The zero-order chi connectivity index (χ0) is 14.5. The highest BCUT2D eigenvalue weighted by molar-refractivity contribution is 6.32. The second kappa shape index (κ2) is 6.26. The van der Waals surface area contributed by atoms with Gasteiger partial charge in [-0.15, -0.1) is 0 Å². The molecule has 0 aliphatic rings. The first-order valence-corrected chi connectivity index (χ1v) is 6.33. The Morgan fingerprint density at radius 2 is 2.05 bits per heavy atom. The predicted molar refractivity (Wildman–Crippen MR) is 79.5 cm³/mol. The molecule has 2 rings (SSSR count). The molecule has 20 heavy (non-hydrogen) atoms. The average molecular weight is 289 g/mol. The average Bonchev–Trinajstić information content (AvgIpc) is 2.48. The fourth-order valence-electron chi connectivity index (χ4n) is 1.67. The molecule has 4 heteroatoms. The van der Waals surface area contributed by atoms with Crippen molar-refractivity contribution in [3.05, 3.63) is 64.7 Å². The molecule has 2 aromatic carbocycles. The molecule has 0 heterocycles. The minimum Gasteiger partial charge on any atom is -0.506 e. The Balaban J connectivity index is 2.17. The molecule has 0 unspecified atom stereocenters. The minimum atomic E-state index is -0.131. The highest BCUT2D eigenvalue weighted by Crippen LogP contribution is 2.24. The van der Waals surface area contributed by atoms with Crippen LogP contribution in [0.5, 0.6) is 11.5 Å². The van der Waals surface area contributed by atoms with Gasteiger partial charge < -0.3 is 9.84 Å². The van der Waals surface area contributed by atoms with Crippen LogP contribution in [0.25, 0.3) is 6.08 Å². The summed E-state index contributed by atoms with van der Waals surface area (Å²) in [4.78, 5) is 12.0. The largest absolute Gasteiger partial charge is 0.506 e. The van der Waals surface area contributed by atoms with Crippen LogP contribution in [0.1, 0.15) is 15.9 Å². The Hall–Kier alpha value is -2.26. The number of hydrogen-bond acceptors (Lipinski definition) is 3. The fourth-order valence-corrected chi connectivity index (χ4v) is 1.86. The van der Waals surface area contributed by atoms with Gasteiger partial charge in [0.15, 0.2) is 5.78 Å². The van der Waals surface area contributed by atoms with E-state index >= 15 is 0 Å². The third-order valence-corrected chi connectivity index (χ3v) is 3.06. The molecule has 0 spiro atoms. The van der Waals surface area contributed by atoms with E-state index in [4.69, 9.17) is 16.3 Å². The summed E-state index contributed by atoms with van der Waals surface area (Å²) in [5.74, 6) is 0.521. The number of benzene rings is 2. The second-order valence-electron chi connectivity index (χ2n) is 4.14. The Bertz CT molecular complexity index is 663. The van der Waals surface area contributed by atoms with Gasteiger partial charge in [-0.2, -0.15) is 0 Å². The van der Waals surface area contributed by atoms with Crippen molar-refractivity contribution in [3.63, 3.8) is 0 Å². The van der Waals surface area contributed by atoms with Gasteiger partial charge in [-0.25, -0.2) is 0 Å². The number of allylic oxidation sites excluding steroid dienone is 1. The lowest BCUT2D eigenvalue weighted by Crippen LogP contribution is -1.94. The number of hydrogen-bond donors (Lipinski definition) is 1. The summed E-state index contributed by atoms with van der Waals surface area (Å²) < 4.78 is 5.08. The van der Waals surface area contributed by atoms with E-state index in [0.717, 1.165) is 5.56 Å². The summed E-state index contributed by atoms with van der Waals surface area (Å²) in [5.41, 5.74) is 1.29. The molecule has 0 amide bonds. The molecule has 0 saturated carbocycles. The zero-order valence-corrected chi connectivity index (χ0v) is 11.6. The number of rotatable bonds is 4. The topological polar surface area (TPSA) is 46.5 Å². The highest BCUT2D eigenvalue weighted by Gasteiger charge is 2.03.